The molecule has 2 saturated heterocycles. The number of carbonyl (C=O) groups is 1. The van der Waals surface area contributed by atoms with Gasteiger partial charge < -0.3 is 14.9 Å². The predicted octanol–water partition coefficient (Wildman–Crippen LogP) is 3.77. The Hall–Kier alpha value is -3.62. The number of fused-ring (bicyclic) bond motifs is 1. The molecule has 1 amide bonds. The van der Waals surface area contributed by atoms with E-state index in [2.05, 4.69) is 20.5 Å². The molecule has 186 valence electrons. The molecule has 0 bridgehead atoms. The summed E-state index contributed by atoms with van der Waals surface area (Å²) in [5, 5.41) is 10.7. The summed E-state index contributed by atoms with van der Waals surface area (Å²) in [5.41, 5.74) is -1.03. The van der Waals surface area contributed by atoms with Gasteiger partial charge in [-0.25, -0.2) is 29.2 Å². The van der Waals surface area contributed by atoms with E-state index in [9.17, 15) is 4.79 Å². The zero-order valence-electron chi connectivity index (χ0n) is 18.7. The minimum absolute atomic E-state index is 0. The van der Waals surface area contributed by atoms with Gasteiger partial charge in [0.25, 0.3) is 5.54 Å². The topological polar surface area (TPSA) is 76.6 Å². The number of rotatable bonds is 5. The Labute approximate surface area is 210 Å². The Morgan fingerprint density at radius 3 is 2.47 bits per heavy atom. The minimum Gasteiger partial charge on any atom is -0.442 e. The maximum absolute atomic E-state index is 15.1. The number of ether oxygens (including phenoxy) is 1. The van der Waals surface area contributed by atoms with Gasteiger partial charge in [-0.2, -0.15) is 0 Å². The third kappa shape index (κ3) is 3.60. The normalized spacial score (nSPS) is 26.2. The third-order valence-electron chi connectivity index (χ3n) is 7.19. The molecule has 36 heavy (non-hydrogen) atoms. The predicted molar refractivity (Wildman–Crippen MR) is 125 cm³/mol. The van der Waals surface area contributed by atoms with Gasteiger partial charge in [0.15, 0.2) is 0 Å². The first-order valence-electron chi connectivity index (χ1n) is 11.1. The molecule has 3 aliphatic rings. The van der Waals surface area contributed by atoms with Crippen LogP contribution in [-0.4, -0.2) is 46.8 Å². The zero-order chi connectivity index (χ0) is 24.3. The van der Waals surface area contributed by atoms with Crippen molar-refractivity contribution in [3.05, 3.63) is 77.2 Å². The smallest absolute Gasteiger partial charge is 0.414 e. The summed E-state index contributed by atoms with van der Waals surface area (Å²) in [6, 6.07) is 6.03. The quantitative estimate of drug-likeness (QED) is 0.522. The van der Waals surface area contributed by atoms with Gasteiger partial charge >= 0.3 is 6.09 Å². The second-order valence-corrected chi connectivity index (χ2v) is 9.03. The van der Waals surface area contributed by atoms with Crippen molar-refractivity contribution in [3.8, 4) is 11.1 Å². The van der Waals surface area contributed by atoms with Gasteiger partial charge in [0.2, 0.25) is 0 Å². The van der Waals surface area contributed by atoms with Crippen LogP contribution < -0.4 is 10.2 Å². The van der Waals surface area contributed by atoms with Gasteiger partial charge in [0.1, 0.15) is 23.6 Å². The minimum atomic E-state index is -0.938. The summed E-state index contributed by atoms with van der Waals surface area (Å²) < 4.78 is 52.1. The molecule has 0 spiro atoms. The molecule has 2 aromatic carbocycles. The number of carbonyl (C=O) groups excluding carboxylic acids is 1. The molecular formula is C24H20ClF3N6O2. The first kappa shape index (κ1) is 24.1. The number of nitrogens with one attached hydrogen (secondary N) is 1. The fourth-order valence-electron chi connectivity index (χ4n) is 5.49. The molecule has 4 atom stereocenters. The number of amides is 1. The molecule has 0 radical (unpaired) electrons. The van der Waals surface area contributed by atoms with Crippen LogP contribution in [0.2, 0.25) is 0 Å². The first-order chi connectivity index (χ1) is 16.9. The summed E-state index contributed by atoms with van der Waals surface area (Å²) in [6.45, 7) is 9.27. The number of hydrogen-bond acceptors (Lipinski definition) is 5. The van der Waals surface area contributed by atoms with E-state index in [0.29, 0.717) is 13.1 Å². The van der Waals surface area contributed by atoms with Gasteiger partial charge in [-0.3, -0.25) is 4.90 Å². The Morgan fingerprint density at radius 2 is 1.86 bits per heavy atom. The molecule has 1 aromatic heterocycles. The number of cyclic esters (lactones) is 1. The van der Waals surface area contributed by atoms with Crippen LogP contribution in [0, 0.1) is 35.9 Å². The monoisotopic (exact) mass is 516 g/mol. The fraction of sp³-hybridized carbons (Fsp3) is 0.333. The van der Waals surface area contributed by atoms with Crippen LogP contribution in [0.4, 0.5) is 23.7 Å². The standard InChI is InChI=1S/C24H19F3N6O2.ClH/c1-28-24(17-9-29-10-18(17)24)16-3-2-13(6-19(16)25)22-20(26)7-14(8-21(22)27)33-12-15(35-23(33)34)11-32-5-4-30-31-32;/h2-8,15,17-18,29H,9-12H2;1H/t15-,17-,18+,24?;/m0./s1. The van der Waals surface area contributed by atoms with Gasteiger partial charge in [-0.1, -0.05) is 11.3 Å². The van der Waals surface area contributed by atoms with Crippen LogP contribution in [-0.2, 0) is 16.8 Å². The number of aromatic nitrogens is 3. The molecular weight excluding hydrogens is 497 g/mol. The molecule has 8 nitrogen and oxygen atoms in total. The lowest BCUT2D eigenvalue weighted by atomic mass is 9.95. The second-order valence-electron chi connectivity index (χ2n) is 9.03. The van der Waals surface area contributed by atoms with Crippen molar-refractivity contribution in [1.29, 1.82) is 0 Å². The van der Waals surface area contributed by atoms with Crippen molar-refractivity contribution in [3.63, 3.8) is 0 Å². The first-order valence-corrected chi connectivity index (χ1v) is 11.1. The lowest BCUT2D eigenvalue weighted by Crippen LogP contribution is -2.26. The molecule has 1 unspecified atom stereocenters. The highest BCUT2D eigenvalue weighted by Crippen LogP contribution is 2.63. The lowest BCUT2D eigenvalue weighted by molar-refractivity contribution is 0.129. The summed E-state index contributed by atoms with van der Waals surface area (Å²) in [5.74, 6) is -2.45. The molecule has 1 N–H and O–H groups in total. The van der Waals surface area contributed by atoms with Crippen molar-refractivity contribution < 1.29 is 22.7 Å². The largest absolute Gasteiger partial charge is 0.442 e. The molecule has 6 rings (SSSR count). The number of piperidine rings is 1. The van der Waals surface area contributed by atoms with E-state index < -0.39 is 40.8 Å². The van der Waals surface area contributed by atoms with E-state index in [1.54, 1.807) is 6.20 Å². The summed E-state index contributed by atoms with van der Waals surface area (Å²) in [6.07, 6.45) is 1.80. The lowest BCUT2D eigenvalue weighted by Gasteiger charge is -2.16. The van der Waals surface area contributed by atoms with Gasteiger partial charge in [-0.15, -0.1) is 17.5 Å². The van der Waals surface area contributed by atoms with Crippen LogP contribution >= 0.6 is 12.4 Å². The van der Waals surface area contributed by atoms with E-state index >= 15 is 13.2 Å². The maximum atomic E-state index is 15.1. The highest BCUT2D eigenvalue weighted by atomic mass is 35.5. The van der Waals surface area contributed by atoms with Crippen molar-refractivity contribution in [2.75, 3.05) is 24.5 Å². The molecule has 12 heteroatoms. The second kappa shape index (κ2) is 8.80. The summed E-state index contributed by atoms with van der Waals surface area (Å²) in [7, 11) is 0. The number of hydrogen-bond donors (Lipinski definition) is 1. The number of benzene rings is 2. The molecule has 2 aliphatic heterocycles. The maximum Gasteiger partial charge on any atom is 0.414 e. The zero-order valence-corrected chi connectivity index (χ0v) is 19.5. The van der Waals surface area contributed by atoms with E-state index in [-0.39, 0.29) is 54.1 Å². The molecule has 3 aromatic rings. The molecule has 1 aliphatic carbocycles. The van der Waals surface area contributed by atoms with Gasteiger partial charge in [0.05, 0.1) is 47.9 Å². The summed E-state index contributed by atoms with van der Waals surface area (Å²) in [4.78, 5) is 17.2. The van der Waals surface area contributed by atoms with Crippen LogP contribution in [0.25, 0.3) is 16.0 Å². The summed E-state index contributed by atoms with van der Waals surface area (Å²) >= 11 is 0. The Balaban J connectivity index is 0.00000267. The van der Waals surface area contributed by atoms with Crippen molar-refractivity contribution in [1.82, 2.24) is 20.3 Å². The highest BCUT2D eigenvalue weighted by Gasteiger charge is 2.76. The SMILES string of the molecule is Cl.[C-]#[N+]C1(c2ccc(-c3c(F)cc(N4C[C@H](Cn5ccnn5)OC4=O)cc3F)cc2F)[C@@H]2CNC[C@@H]21. The Morgan fingerprint density at radius 1 is 1.14 bits per heavy atom. The highest BCUT2D eigenvalue weighted by molar-refractivity contribution is 5.90. The average Bonchev–Trinajstić information content (AvgIpc) is 3.35. The van der Waals surface area contributed by atoms with Gasteiger partial charge in [-0.05, 0) is 29.8 Å². The van der Waals surface area contributed by atoms with Crippen LogP contribution in [0.1, 0.15) is 5.56 Å². The molecule has 1 saturated carbocycles. The van der Waals surface area contributed by atoms with E-state index in [1.807, 2.05) is 0 Å². The van der Waals surface area contributed by atoms with Crippen LogP contribution in [0.3, 0.4) is 0 Å². The van der Waals surface area contributed by atoms with E-state index in [1.165, 1.54) is 23.0 Å². The van der Waals surface area contributed by atoms with Crippen LogP contribution in [0.5, 0.6) is 0 Å². The van der Waals surface area contributed by atoms with E-state index in [0.717, 1.165) is 23.1 Å². The average molecular weight is 517 g/mol. The van der Waals surface area contributed by atoms with Crippen molar-refractivity contribution in [2.24, 2.45) is 11.8 Å². The molecule has 3 fully saturated rings. The number of anilines is 1. The third-order valence-corrected chi connectivity index (χ3v) is 7.19. The van der Waals surface area contributed by atoms with Gasteiger partial charge in [0, 0.05) is 19.3 Å². The van der Waals surface area contributed by atoms with Crippen LogP contribution in [0.15, 0.2) is 42.7 Å². The van der Waals surface area contributed by atoms with E-state index in [4.69, 9.17) is 11.3 Å². The Bertz CT molecular complexity index is 1350. The number of halogens is 4. The van der Waals surface area contributed by atoms with Crippen molar-refractivity contribution in [2.45, 2.75) is 18.2 Å². The number of nitrogens with zero attached hydrogens (tertiary/aromatic N) is 5. The fourth-order valence-corrected chi connectivity index (χ4v) is 5.49. The van der Waals surface area contributed by atoms with Crippen molar-refractivity contribution >= 4 is 24.2 Å². The Kier molecular flexibility index (Phi) is 5.89. The molecule has 3 heterocycles.